The van der Waals surface area contributed by atoms with E-state index < -0.39 is 14.1 Å². The topological polar surface area (TPSA) is 0 Å². The summed E-state index contributed by atoms with van der Waals surface area (Å²) < 4.78 is 0. The van der Waals surface area contributed by atoms with Gasteiger partial charge in [0.25, 0.3) is 0 Å². The zero-order chi connectivity index (χ0) is 4.99. The molecule has 0 aromatic carbocycles. The van der Waals surface area contributed by atoms with Crippen molar-refractivity contribution < 1.29 is 14.3 Å². The standard InChI is InChI=1S/C3H4.2CH3.Al.Am/c1-3-2;;;;/h1H,2H3;2*1H3;;/q-1;;;;. The molecule has 0 atom stereocenters. The summed E-state index contributed by atoms with van der Waals surface area (Å²) in [6.07, 6.45) is 3.00. The summed E-state index contributed by atoms with van der Waals surface area (Å²) in [4.78, 5) is 2.18. The molecule has 0 rings (SSSR count). The van der Waals surface area contributed by atoms with Crippen LogP contribution in [0.5, 0.6) is 0 Å². The second kappa shape index (κ2) is 6.66. The Bertz CT molecular complexity index is 50.0. The minimum Gasteiger partial charge on any atom is -0.521 e. The van der Waals surface area contributed by atoms with Crippen molar-refractivity contribution in [3.05, 3.63) is 11.0 Å². The Hall–Kier alpha value is 0.662. The predicted octanol–water partition coefficient (Wildman–Crippen LogP) is 1.66. The largest absolute Gasteiger partial charge is 0.521 e. The third-order valence-electron chi connectivity index (χ3n) is 0.500. The molecule has 0 amide bonds. The maximum atomic E-state index is 3.00. The van der Waals surface area contributed by atoms with Gasteiger partial charge in [-0.1, -0.05) is 0 Å². The van der Waals surface area contributed by atoms with Gasteiger partial charge in [-0.25, -0.2) is 0 Å². The molecular formula is C5H10AlAm-. The van der Waals surface area contributed by atoms with Crippen LogP contribution in [0.2, 0.25) is 11.6 Å². The monoisotopic (exact) mass is 338 g/mol. The summed E-state index contributed by atoms with van der Waals surface area (Å²) in [5, 5.41) is 0. The van der Waals surface area contributed by atoms with Gasteiger partial charge < -0.3 is 11.0 Å². The minimum atomic E-state index is -0.407. The first-order valence-electron chi connectivity index (χ1n) is 2.28. The van der Waals surface area contributed by atoms with Crippen molar-refractivity contribution in [3.63, 3.8) is 0 Å². The van der Waals surface area contributed by atoms with E-state index in [1.165, 1.54) is 0 Å². The predicted molar refractivity (Wildman–Crippen MR) is 31.0 cm³/mol. The summed E-state index contributed by atoms with van der Waals surface area (Å²) in [6, 6.07) is 0. The van der Waals surface area contributed by atoms with E-state index in [0.717, 1.165) is 0 Å². The van der Waals surface area contributed by atoms with Crippen molar-refractivity contribution in [2.24, 2.45) is 0 Å². The molecule has 0 spiro atoms. The first-order valence-corrected chi connectivity index (χ1v) is 5.25. The molecule has 0 aliphatic rings. The van der Waals surface area contributed by atoms with E-state index in [-0.39, 0.29) is 14.3 Å². The third-order valence-corrected chi connectivity index (χ3v) is 1.50. The Labute approximate surface area is 58.2 Å². The van der Waals surface area contributed by atoms with E-state index in [1.807, 2.05) is 6.92 Å². The zero-order valence-electron chi connectivity index (χ0n) is 5.03. The molecular weight excluding hydrogens is 330 g/mol. The van der Waals surface area contributed by atoms with Crippen LogP contribution in [0.3, 0.4) is 0 Å². The summed E-state index contributed by atoms with van der Waals surface area (Å²) in [6.45, 7) is 1.95. The summed E-state index contributed by atoms with van der Waals surface area (Å²) >= 11 is -0.407. The Morgan fingerprint density at radius 3 is 1.86 bits per heavy atom. The fourth-order valence-corrected chi connectivity index (χ4v) is 1.00. The molecule has 1 radical (unpaired) electrons. The molecule has 0 aromatic rings. The molecule has 0 heterocycles. The second-order valence-corrected chi connectivity index (χ2v) is 4.52. The van der Waals surface area contributed by atoms with Crippen molar-refractivity contribution in [1.29, 1.82) is 0 Å². The average Bonchev–Trinajstić information content (AvgIpc) is 1.35. The zero-order valence-corrected chi connectivity index (χ0v) is 9.33. The molecule has 0 bridgehead atoms. The molecule has 0 aliphatic heterocycles. The van der Waals surface area contributed by atoms with Gasteiger partial charge in [-0.15, -0.1) is 11.6 Å². The van der Waals surface area contributed by atoms with E-state index >= 15 is 0 Å². The maximum Gasteiger partial charge on any atom is 0.250 e. The number of allylic oxidation sites excluding steroid dienone is 1. The maximum absolute atomic E-state index is 3.00. The van der Waals surface area contributed by atoms with Crippen LogP contribution >= 0.6 is 0 Å². The van der Waals surface area contributed by atoms with Crippen molar-refractivity contribution in [2.75, 3.05) is 0 Å². The van der Waals surface area contributed by atoms with Gasteiger partial charge >= 0.3 is 0 Å². The van der Waals surface area contributed by atoms with Crippen LogP contribution in [0, 0.1) is 20.4 Å². The number of hydrogen-bond acceptors (Lipinski definition) is 0. The fourth-order valence-electron chi connectivity index (χ4n) is 0.333. The van der Waals surface area contributed by atoms with Gasteiger partial charge in [-0.3, -0.25) is 0 Å². The molecule has 0 fully saturated rings. The number of rotatable bonds is 1. The molecule has 0 nitrogen and oxygen atoms in total. The molecule has 0 saturated carbocycles. The van der Waals surface area contributed by atoms with Crippen molar-refractivity contribution in [3.8, 4) is 0 Å². The van der Waals surface area contributed by atoms with Crippen molar-refractivity contribution in [1.82, 2.24) is 0 Å². The molecule has 0 saturated heterocycles. The van der Waals surface area contributed by atoms with E-state index in [1.54, 1.807) is 0 Å². The first kappa shape index (κ1) is 10.6. The van der Waals surface area contributed by atoms with E-state index in [4.69, 9.17) is 0 Å². The molecule has 0 N–H and O–H groups in total. The van der Waals surface area contributed by atoms with Gasteiger partial charge in [0, 0.05) is 14.3 Å². The fraction of sp³-hybridized carbons (Fsp3) is 0.600. The van der Waals surface area contributed by atoms with Gasteiger partial charge in [-0.05, 0) is 0 Å². The Morgan fingerprint density at radius 2 is 1.86 bits per heavy atom. The van der Waals surface area contributed by atoms with Crippen LogP contribution in [0.25, 0.3) is 0 Å². The minimum absolute atomic E-state index is 0. The molecule has 0 aromatic heterocycles. The SMILES string of the molecule is C[C-]=[CH][Al]([CH3])[CH3].[Am]. The van der Waals surface area contributed by atoms with Gasteiger partial charge in [0.15, 0.2) is 0 Å². The normalized spacial score (nSPS) is 8.43. The van der Waals surface area contributed by atoms with Gasteiger partial charge in [0.1, 0.15) is 0 Å². The van der Waals surface area contributed by atoms with Crippen LogP contribution in [-0.4, -0.2) is 14.1 Å². The van der Waals surface area contributed by atoms with Gasteiger partial charge in [0.05, 0.1) is 0 Å². The van der Waals surface area contributed by atoms with Crippen molar-refractivity contribution in [2.45, 2.75) is 18.5 Å². The molecule has 0 aliphatic carbocycles. The molecule has 0 unspecified atom stereocenters. The smallest absolute Gasteiger partial charge is 0.250 e. The number of hydrogen-bond donors (Lipinski definition) is 0. The Morgan fingerprint density at radius 1 is 1.43 bits per heavy atom. The summed E-state index contributed by atoms with van der Waals surface area (Å²) in [7, 11) is 0. The summed E-state index contributed by atoms with van der Waals surface area (Å²) in [5.41, 5.74) is 0. The van der Waals surface area contributed by atoms with E-state index in [9.17, 15) is 0 Å². The van der Waals surface area contributed by atoms with Crippen LogP contribution in [0.4, 0.5) is 0 Å². The third kappa shape index (κ3) is 10.8. The second-order valence-electron chi connectivity index (χ2n) is 1.70. The first-order chi connectivity index (χ1) is 2.77. The van der Waals surface area contributed by atoms with Crippen LogP contribution in [0.15, 0.2) is 4.94 Å². The van der Waals surface area contributed by atoms with Crippen LogP contribution in [-0.2, 0) is 0 Å². The van der Waals surface area contributed by atoms with Crippen molar-refractivity contribution >= 4 is 14.1 Å². The van der Waals surface area contributed by atoms with Crippen LogP contribution in [0.1, 0.15) is 6.92 Å². The molecule has 41 valence electrons. The van der Waals surface area contributed by atoms with E-state index in [2.05, 4.69) is 22.6 Å². The molecule has 2 heteroatoms. The van der Waals surface area contributed by atoms with Gasteiger partial charge in [-0.2, -0.15) is 6.92 Å². The van der Waals surface area contributed by atoms with Crippen LogP contribution < -0.4 is 0 Å². The van der Waals surface area contributed by atoms with Gasteiger partial charge in [0.2, 0.25) is 14.1 Å². The summed E-state index contributed by atoms with van der Waals surface area (Å²) in [5.74, 6) is 4.55. The van der Waals surface area contributed by atoms with E-state index in [0.29, 0.717) is 0 Å². The quantitative estimate of drug-likeness (QED) is 0.503. The molecule has 7 heavy (non-hydrogen) atoms. The average molecular weight is 340 g/mol. The Kier molecular flexibility index (Phi) is 10.1. The Balaban J connectivity index is 0.